The largest absolute Gasteiger partial charge is 0.492 e. The number of aromatic nitrogens is 3. The van der Waals surface area contributed by atoms with Crippen molar-refractivity contribution in [3.05, 3.63) is 47.3 Å². The van der Waals surface area contributed by atoms with Gasteiger partial charge in [0.2, 0.25) is 5.95 Å². The third-order valence-corrected chi connectivity index (χ3v) is 4.44. The number of alkyl halides is 1. The predicted octanol–water partition coefficient (Wildman–Crippen LogP) is 4.29. The lowest BCUT2D eigenvalue weighted by Crippen LogP contribution is -2.09. The van der Waals surface area contributed by atoms with Gasteiger partial charge in [0.05, 0.1) is 24.2 Å². The lowest BCUT2D eigenvalue weighted by molar-refractivity contribution is 0.304. The van der Waals surface area contributed by atoms with Crippen molar-refractivity contribution < 1.29 is 4.74 Å². The Morgan fingerprint density at radius 2 is 2.04 bits per heavy atom. The number of rotatable bonds is 7. The summed E-state index contributed by atoms with van der Waals surface area (Å²) in [5.41, 5.74) is 10.8. The van der Waals surface area contributed by atoms with Crippen LogP contribution in [0.15, 0.2) is 30.3 Å². The summed E-state index contributed by atoms with van der Waals surface area (Å²) in [5.74, 6) is 1.72. The first kappa shape index (κ1) is 17.5. The Bertz CT molecular complexity index is 875. The quantitative estimate of drug-likeness (QED) is 0.505. The molecule has 0 saturated heterocycles. The lowest BCUT2D eigenvalue weighted by atomic mass is 10.2. The van der Waals surface area contributed by atoms with Gasteiger partial charge >= 0.3 is 0 Å². The number of ether oxygens (including phenoxy) is 1. The maximum absolute atomic E-state index is 6.15. The van der Waals surface area contributed by atoms with Crippen LogP contribution >= 0.6 is 11.6 Å². The molecule has 0 unspecified atom stereocenters. The molecule has 0 radical (unpaired) electrons. The van der Waals surface area contributed by atoms with Crippen LogP contribution < -0.4 is 10.5 Å². The molecule has 0 spiro atoms. The second-order valence-corrected chi connectivity index (χ2v) is 6.38. The Morgan fingerprint density at radius 3 is 2.80 bits per heavy atom. The molecule has 2 N–H and O–H groups in total. The molecule has 0 aliphatic rings. The van der Waals surface area contributed by atoms with Gasteiger partial charge in [-0.15, -0.1) is 11.6 Å². The summed E-state index contributed by atoms with van der Waals surface area (Å²) < 4.78 is 7.88. The summed E-state index contributed by atoms with van der Waals surface area (Å²) in [6.07, 6.45) is 2.11. The maximum atomic E-state index is 6.15. The number of nitrogen functional groups attached to an aromatic ring is 1. The van der Waals surface area contributed by atoms with E-state index in [1.54, 1.807) is 0 Å². The molecule has 3 aromatic rings. The van der Waals surface area contributed by atoms with E-state index in [4.69, 9.17) is 22.1 Å². The molecule has 0 aliphatic heterocycles. The number of nitrogens with zero attached hydrogens (tertiary/aromatic N) is 3. The summed E-state index contributed by atoms with van der Waals surface area (Å²) in [5, 5.41) is 0. The van der Waals surface area contributed by atoms with Crippen molar-refractivity contribution in [3.8, 4) is 5.75 Å². The summed E-state index contributed by atoms with van der Waals surface area (Å²) in [4.78, 5) is 9.10. The standard InChI is InChI=1S/C19H23ClN4O/c1-3-4-9-25-18-8-5-13(2)22-16(18)12-24-17-10-14(11-20)6-7-15(17)23-19(24)21/h5-8,10H,3-4,9,11-12H2,1-2H3,(H2,21,23). The number of pyridine rings is 1. The monoisotopic (exact) mass is 358 g/mol. The Hall–Kier alpha value is -2.27. The minimum Gasteiger partial charge on any atom is -0.492 e. The van der Waals surface area contributed by atoms with Gasteiger partial charge in [0.25, 0.3) is 0 Å². The number of benzene rings is 1. The van der Waals surface area contributed by atoms with E-state index >= 15 is 0 Å². The summed E-state index contributed by atoms with van der Waals surface area (Å²) in [6.45, 7) is 5.31. The van der Waals surface area contributed by atoms with Crippen molar-refractivity contribution in [1.29, 1.82) is 0 Å². The van der Waals surface area contributed by atoms with E-state index in [0.717, 1.165) is 46.6 Å². The molecule has 0 saturated carbocycles. The molecule has 2 aromatic heterocycles. The molecule has 0 bridgehead atoms. The van der Waals surface area contributed by atoms with Gasteiger partial charge in [0, 0.05) is 11.6 Å². The van der Waals surface area contributed by atoms with Crippen molar-refractivity contribution >= 4 is 28.6 Å². The number of anilines is 1. The topological polar surface area (TPSA) is 66.0 Å². The van der Waals surface area contributed by atoms with Crippen molar-refractivity contribution in [2.24, 2.45) is 0 Å². The average molecular weight is 359 g/mol. The summed E-state index contributed by atoms with van der Waals surface area (Å²) >= 11 is 5.97. The normalized spacial score (nSPS) is 11.2. The smallest absolute Gasteiger partial charge is 0.201 e. The van der Waals surface area contributed by atoms with Crippen LogP contribution in [-0.4, -0.2) is 21.1 Å². The number of hydrogen-bond acceptors (Lipinski definition) is 4. The highest BCUT2D eigenvalue weighted by Gasteiger charge is 2.13. The van der Waals surface area contributed by atoms with Crippen molar-refractivity contribution in [2.45, 2.75) is 39.1 Å². The van der Waals surface area contributed by atoms with Crippen LogP contribution in [-0.2, 0) is 12.4 Å². The maximum Gasteiger partial charge on any atom is 0.201 e. The molecule has 5 nitrogen and oxygen atoms in total. The fourth-order valence-electron chi connectivity index (χ4n) is 2.75. The van der Waals surface area contributed by atoms with Crippen molar-refractivity contribution in [2.75, 3.05) is 12.3 Å². The lowest BCUT2D eigenvalue weighted by Gasteiger charge is -2.13. The van der Waals surface area contributed by atoms with E-state index in [-0.39, 0.29) is 0 Å². The fraction of sp³-hybridized carbons (Fsp3) is 0.368. The van der Waals surface area contributed by atoms with Gasteiger partial charge in [-0.2, -0.15) is 0 Å². The minimum atomic E-state index is 0.453. The molecular weight excluding hydrogens is 336 g/mol. The van der Waals surface area contributed by atoms with Gasteiger partial charge in [-0.05, 0) is 43.2 Å². The number of aryl methyl sites for hydroxylation is 1. The highest BCUT2D eigenvalue weighted by atomic mass is 35.5. The van der Waals surface area contributed by atoms with E-state index < -0.39 is 0 Å². The van der Waals surface area contributed by atoms with Crippen LogP contribution in [0.3, 0.4) is 0 Å². The second-order valence-electron chi connectivity index (χ2n) is 6.11. The van der Waals surface area contributed by atoms with Gasteiger partial charge < -0.3 is 15.0 Å². The van der Waals surface area contributed by atoms with Crippen molar-refractivity contribution in [1.82, 2.24) is 14.5 Å². The highest BCUT2D eigenvalue weighted by Crippen LogP contribution is 2.25. The Labute approximate surface area is 152 Å². The third kappa shape index (κ3) is 3.87. The van der Waals surface area contributed by atoms with Gasteiger partial charge in [0.15, 0.2) is 0 Å². The molecule has 132 valence electrons. The molecule has 3 rings (SSSR count). The fourth-order valence-corrected chi connectivity index (χ4v) is 2.92. The number of nitrogens with two attached hydrogens (primary N) is 1. The molecule has 6 heteroatoms. The van der Waals surface area contributed by atoms with Gasteiger partial charge in [0.1, 0.15) is 11.4 Å². The van der Waals surface area contributed by atoms with Gasteiger partial charge in [-0.3, -0.25) is 4.98 Å². The van der Waals surface area contributed by atoms with E-state index in [0.29, 0.717) is 25.0 Å². The number of fused-ring (bicyclic) bond motifs is 1. The molecular formula is C19H23ClN4O. The van der Waals surface area contributed by atoms with E-state index in [2.05, 4.69) is 16.9 Å². The zero-order valence-electron chi connectivity index (χ0n) is 14.6. The molecule has 0 aliphatic carbocycles. The van der Waals surface area contributed by atoms with Crippen LogP contribution in [0, 0.1) is 6.92 Å². The number of imidazole rings is 1. The zero-order valence-corrected chi connectivity index (χ0v) is 15.4. The highest BCUT2D eigenvalue weighted by molar-refractivity contribution is 6.17. The molecule has 0 amide bonds. The summed E-state index contributed by atoms with van der Waals surface area (Å²) in [7, 11) is 0. The van der Waals surface area contributed by atoms with Crippen LogP contribution in [0.4, 0.5) is 5.95 Å². The number of halogens is 1. The zero-order chi connectivity index (χ0) is 17.8. The van der Waals surface area contributed by atoms with E-state index in [1.807, 2.05) is 41.8 Å². The van der Waals surface area contributed by atoms with Crippen LogP contribution in [0.5, 0.6) is 5.75 Å². The third-order valence-electron chi connectivity index (χ3n) is 4.13. The van der Waals surface area contributed by atoms with Crippen molar-refractivity contribution in [3.63, 3.8) is 0 Å². The first-order valence-corrected chi connectivity index (χ1v) is 9.05. The number of unbranched alkanes of at least 4 members (excludes halogenated alkanes) is 1. The Morgan fingerprint density at radius 1 is 1.20 bits per heavy atom. The van der Waals surface area contributed by atoms with Gasteiger partial charge in [-0.25, -0.2) is 4.98 Å². The Kier molecular flexibility index (Phi) is 5.43. The molecule has 25 heavy (non-hydrogen) atoms. The molecule has 0 fully saturated rings. The first-order chi connectivity index (χ1) is 12.1. The number of hydrogen-bond donors (Lipinski definition) is 1. The van der Waals surface area contributed by atoms with E-state index in [9.17, 15) is 0 Å². The van der Waals surface area contributed by atoms with Crippen LogP contribution in [0.1, 0.15) is 36.7 Å². The van der Waals surface area contributed by atoms with E-state index in [1.165, 1.54) is 0 Å². The summed E-state index contributed by atoms with van der Waals surface area (Å²) in [6, 6.07) is 9.89. The van der Waals surface area contributed by atoms with Crippen LogP contribution in [0.2, 0.25) is 0 Å². The Balaban J connectivity index is 1.97. The first-order valence-electron chi connectivity index (χ1n) is 8.52. The molecule has 1 aromatic carbocycles. The second kappa shape index (κ2) is 7.74. The van der Waals surface area contributed by atoms with Gasteiger partial charge in [-0.1, -0.05) is 19.4 Å². The molecule has 0 atom stereocenters. The molecule has 2 heterocycles. The average Bonchev–Trinajstić information content (AvgIpc) is 2.92. The van der Waals surface area contributed by atoms with Crippen LogP contribution in [0.25, 0.3) is 11.0 Å². The minimum absolute atomic E-state index is 0.453. The predicted molar refractivity (Wildman–Crippen MR) is 102 cm³/mol. The SMILES string of the molecule is CCCCOc1ccc(C)nc1Cn1c(N)nc2ccc(CCl)cc21.